The van der Waals surface area contributed by atoms with Crippen molar-refractivity contribution in [3.05, 3.63) is 64.7 Å². The molecular formula is C16H14ClNO3S. The van der Waals surface area contributed by atoms with Crippen LogP contribution in [0.4, 0.5) is 5.69 Å². The number of benzene rings is 2. The molecule has 0 atom stereocenters. The van der Waals surface area contributed by atoms with Crippen molar-refractivity contribution in [2.75, 3.05) is 11.1 Å². The van der Waals surface area contributed by atoms with Crippen LogP contribution in [-0.4, -0.2) is 22.7 Å². The van der Waals surface area contributed by atoms with Crippen molar-refractivity contribution in [2.45, 2.75) is 5.75 Å². The summed E-state index contributed by atoms with van der Waals surface area (Å²) < 4.78 is 0. The molecule has 22 heavy (non-hydrogen) atoms. The van der Waals surface area contributed by atoms with E-state index in [-0.39, 0.29) is 22.9 Å². The van der Waals surface area contributed by atoms with Gasteiger partial charge in [0.05, 0.1) is 17.0 Å². The first-order valence-corrected chi connectivity index (χ1v) is 8.04. The fourth-order valence-electron chi connectivity index (χ4n) is 1.83. The molecule has 0 heterocycles. The summed E-state index contributed by atoms with van der Waals surface area (Å²) in [4.78, 5) is 23.0. The van der Waals surface area contributed by atoms with Crippen molar-refractivity contribution < 1.29 is 14.7 Å². The summed E-state index contributed by atoms with van der Waals surface area (Å²) in [6.45, 7) is 0. The highest BCUT2D eigenvalue weighted by Gasteiger charge is 2.13. The van der Waals surface area contributed by atoms with Crippen LogP contribution in [0.3, 0.4) is 0 Å². The summed E-state index contributed by atoms with van der Waals surface area (Å²) in [5.74, 6) is -0.412. The lowest BCUT2D eigenvalue weighted by molar-refractivity contribution is -0.113. The normalized spacial score (nSPS) is 10.2. The molecule has 1 amide bonds. The van der Waals surface area contributed by atoms with Crippen LogP contribution in [0.15, 0.2) is 48.5 Å². The smallest absolute Gasteiger partial charge is 0.337 e. The molecule has 0 aliphatic heterocycles. The predicted molar refractivity (Wildman–Crippen MR) is 89.6 cm³/mol. The van der Waals surface area contributed by atoms with Crippen molar-refractivity contribution in [2.24, 2.45) is 0 Å². The Bertz CT molecular complexity index is 676. The van der Waals surface area contributed by atoms with Gasteiger partial charge in [-0.1, -0.05) is 41.9 Å². The number of halogens is 1. The van der Waals surface area contributed by atoms with Crippen LogP contribution in [0.1, 0.15) is 15.9 Å². The number of hydrogen-bond donors (Lipinski definition) is 2. The van der Waals surface area contributed by atoms with Gasteiger partial charge < -0.3 is 10.4 Å². The highest BCUT2D eigenvalue weighted by Crippen LogP contribution is 2.21. The van der Waals surface area contributed by atoms with E-state index in [9.17, 15) is 9.59 Å². The molecule has 2 rings (SSSR count). The molecule has 0 radical (unpaired) electrons. The third-order valence-electron chi connectivity index (χ3n) is 2.83. The second kappa shape index (κ2) is 7.87. The van der Waals surface area contributed by atoms with E-state index in [4.69, 9.17) is 16.7 Å². The van der Waals surface area contributed by atoms with E-state index in [1.165, 1.54) is 30.0 Å². The maximum Gasteiger partial charge on any atom is 0.337 e. The number of carbonyl (C=O) groups is 2. The van der Waals surface area contributed by atoms with Crippen molar-refractivity contribution in [3.8, 4) is 0 Å². The Hall–Kier alpha value is -1.98. The first-order valence-electron chi connectivity index (χ1n) is 6.50. The SMILES string of the molecule is O=C(CSCc1ccccc1)Nc1cc(Cl)ccc1C(=O)O. The second-order valence-corrected chi connectivity index (χ2v) is 5.94. The van der Waals surface area contributed by atoms with E-state index in [1.54, 1.807) is 0 Å². The van der Waals surface area contributed by atoms with Gasteiger partial charge in [0.15, 0.2) is 0 Å². The lowest BCUT2D eigenvalue weighted by Gasteiger charge is -2.09. The fourth-order valence-corrected chi connectivity index (χ4v) is 2.79. The molecule has 0 aliphatic carbocycles. The van der Waals surface area contributed by atoms with E-state index in [2.05, 4.69) is 5.32 Å². The topological polar surface area (TPSA) is 66.4 Å². The largest absolute Gasteiger partial charge is 0.478 e. The molecule has 6 heteroatoms. The number of aromatic carboxylic acids is 1. The van der Waals surface area contributed by atoms with Crippen molar-refractivity contribution in [3.63, 3.8) is 0 Å². The van der Waals surface area contributed by atoms with Crippen LogP contribution in [0.25, 0.3) is 0 Å². The van der Waals surface area contributed by atoms with Gasteiger partial charge in [0, 0.05) is 10.8 Å². The molecular weight excluding hydrogens is 322 g/mol. The van der Waals surface area contributed by atoms with Crippen molar-refractivity contribution >= 4 is 40.9 Å². The third kappa shape index (κ3) is 4.79. The lowest BCUT2D eigenvalue weighted by atomic mass is 10.2. The number of hydrogen-bond acceptors (Lipinski definition) is 3. The molecule has 0 saturated carbocycles. The molecule has 0 bridgehead atoms. The van der Waals surface area contributed by atoms with Crippen LogP contribution >= 0.6 is 23.4 Å². The van der Waals surface area contributed by atoms with Crippen molar-refractivity contribution in [1.82, 2.24) is 0 Å². The maximum atomic E-state index is 11.9. The number of rotatable bonds is 6. The number of carbonyl (C=O) groups excluding carboxylic acids is 1. The van der Waals surface area contributed by atoms with Crippen LogP contribution in [0, 0.1) is 0 Å². The number of carboxylic acid groups (broad SMARTS) is 1. The zero-order valence-electron chi connectivity index (χ0n) is 11.6. The number of amides is 1. The summed E-state index contributed by atoms with van der Waals surface area (Å²) >= 11 is 7.30. The van der Waals surface area contributed by atoms with E-state index in [1.807, 2.05) is 30.3 Å². The fraction of sp³-hybridized carbons (Fsp3) is 0.125. The van der Waals surface area contributed by atoms with E-state index in [0.717, 1.165) is 11.3 Å². The van der Waals surface area contributed by atoms with E-state index in [0.29, 0.717) is 5.02 Å². The van der Waals surface area contributed by atoms with Gasteiger partial charge in [0.2, 0.25) is 5.91 Å². The van der Waals surface area contributed by atoms with Gasteiger partial charge in [-0.15, -0.1) is 11.8 Å². The lowest BCUT2D eigenvalue weighted by Crippen LogP contribution is -2.16. The Morgan fingerprint density at radius 3 is 2.55 bits per heavy atom. The number of anilines is 1. The quantitative estimate of drug-likeness (QED) is 0.840. The summed E-state index contributed by atoms with van der Waals surface area (Å²) in [5.41, 5.74) is 1.37. The summed E-state index contributed by atoms with van der Waals surface area (Å²) in [7, 11) is 0. The Morgan fingerprint density at radius 1 is 1.14 bits per heavy atom. The van der Waals surface area contributed by atoms with Crippen LogP contribution < -0.4 is 5.32 Å². The highest BCUT2D eigenvalue weighted by atomic mass is 35.5. The average Bonchev–Trinajstić information content (AvgIpc) is 2.48. The van der Waals surface area contributed by atoms with Gasteiger partial charge >= 0.3 is 5.97 Å². The summed E-state index contributed by atoms with van der Waals surface area (Å²) in [5, 5.41) is 12.1. The van der Waals surface area contributed by atoms with Gasteiger partial charge in [-0.2, -0.15) is 0 Å². The molecule has 0 aromatic heterocycles. The maximum absolute atomic E-state index is 11.9. The molecule has 0 saturated heterocycles. The Kier molecular flexibility index (Phi) is 5.86. The van der Waals surface area contributed by atoms with Gasteiger partial charge in [0.25, 0.3) is 0 Å². The standard InChI is InChI=1S/C16H14ClNO3S/c17-12-6-7-13(16(20)21)14(8-12)18-15(19)10-22-9-11-4-2-1-3-5-11/h1-8H,9-10H2,(H,18,19)(H,20,21). The minimum atomic E-state index is -1.11. The molecule has 2 aromatic rings. The number of carboxylic acids is 1. The molecule has 2 N–H and O–H groups in total. The van der Waals surface area contributed by atoms with Crippen LogP contribution in [-0.2, 0) is 10.5 Å². The van der Waals surface area contributed by atoms with Gasteiger partial charge in [-0.3, -0.25) is 4.79 Å². The number of nitrogens with one attached hydrogen (secondary N) is 1. The summed E-state index contributed by atoms with van der Waals surface area (Å²) in [6, 6.07) is 14.1. The monoisotopic (exact) mass is 335 g/mol. The molecule has 0 spiro atoms. The molecule has 4 nitrogen and oxygen atoms in total. The predicted octanol–water partition coefficient (Wildman–Crippen LogP) is 3.91. The van der Waals surface area contributed by atoms with Gasteiger partial charge in [-0.25, -0.2) is 4.79 Å². The average molecular weight is 336 g/mol. The van der Waals surface area contributed by atoms with Crippen LogP contribution in [0.5, 0.6) is 0 Å². The van der Waals surface area contributed by atoms with Gasteiger partial charge in [0.1, 0.15) is 0 Å². The first kappa shape index (κ1) is 16.4. The Morgan fingerprint density at radius 2 is 1.86 bits per heavy atom. The summed E-state index contributed by atoms with van der Waals surface area (Å²) in [6.07, 6.45) is 0. The Labute approximate surface area is 137 Å². The van der Waals surface area contributed by atoms with Gasteiger partial charge in [-0.05, 0) is 23.8 Å². The first-order chi connectivity index (χ1) is 10.6. The zero-order chi connectivity index (χ0) is 15.9. The molecule has 114 valence electrons. The zero-order valence-corrected chi connectivity index (χ0v) is 13.2. The Balaban J connectivity index is 1.92. The minimum Gasteiger partial charge on any atom is -0.478 e. The molecule has 2 aromatic carbocycles. The third-order valence-corrected chi connectivity index (χ3v) is 4.07. The minimum absolute atomic E-state index is 0.0193. The second-order valence-electron chi connectivity index (χ2n) is 4.52. The van der Waals surface area contributed by atoms with Crippen molar-refractivity contribution in [1.29, 1.82) is 0 Å². The van der Waals surface area contributed by atoms with E-state index < -0.39 is 5.97 Å². The van der Waals surface area contributed by atoms with Crippen LogP contribution in [0.2, 0.25) is 5.02 Å². The molecule has 0 aliphatic rings. The number of thioether (sulfide) groups is 1. The molecule has 0 fully saturated rings. The highest BCUT2D eigenvalue weighted by molar-refractivity contribution is 7.99. The van der Waals surface area contributed by atoms with E-state index >= 15 is 0 Å². The molecule has 0 unspecified atom stereocenters.